The fraction of sp³-hybridized carbons (Fsp3) is 0.217. The quantitative estimate of drug-likeness (QED) is 0.202. The molecule has 1 atom stereocenters. The summed E-state index contributed by atoms with van der Waals surface area (Å²) in [7, 11) is 0. The summed E-state index contributed by atoms with van der Waals surface area (Å²) in [5.41, 5.74) is 5.06. The zero-order chi connectivity index (χ0) is 25.4. The molecule has 184 valence electrons. The van der Waals surface area contributed by atoms with Crippen LogP contribution in [0.2, 0.25) is 5.02 Å². The first-order valence-electron chi connectivity index (χ1n) is 10.3. The van der Waals surface area contributed by atoms with Crippen LogP contribution in [0.1, 0.15) is 23.0 Å². The van der Waals surface area contributed by atoms with Gasteiger partial charge in [0, 0.05) is 18.5 Å². The van der Waals surface area contributed by atoms with Crippen molar-refractivity contribution in [2.45, 2.75) is 19.6 Å². The molecule has 0 saturated carbocycles. The van der Waals surface area contributed by atoms with E-state index in [9.17, 15) is 19.5 Å². The van der Waals surface area contributed by atoms with Crippen molar-refractivity contribution < 1.29 is 38.6 Å². The van der Waals surface area contributed by atoms with Gasteiger partial charge in [0.25, 0.3) is 5.88 Å². The highest BCUT2D eigenvalue weighted by atomic mass is 35.5. The van der Waals surface area contributed by atoms with Crippen LogP contribution < -0.4 is 10.2 Å². The third-order valence-corrected chi connectivity index (χ3v) is 4.84. The van der Waals surface area contributed by atoms with Crippen LogP contribution in [0.4, 0.5) is 0 Å². The van der Waals surface area contributed by atoms with Gasteiger partial charge in [-0.1, -0.05) is 48.0 Å². The molecule has 3 aromatic rings. The molecule has 0 aliphatic heterocycles. The number of aliphatic carboxylic acids is 1. The van der Waals surface area contributed by atoms with Crippen LogP contribution in [0, 0.1) is 0 Å². The maximum absolute atomic E-state index is 12.6. The van der Waals surface area contributed by atoms with Gasteiger partial charge in [-0.25, -0.2) is 9.80 Å². The predicted molar refractivity (Wildman–Crippen MR) is 122 cm³/mol. The number of benzene rings is 2. The molecule has 12 heteroatoms. The van der Waals surface area contributed by atoms with Crippen molar-refractivity contribution in [1.82, 2.24) is 15.6 Å². The summed E-state index contributed by atoms with van der Waals surface area (Å²) in [5, 5.41) is 24.3. The van der Waals surface area contributed by atoms with Crippen LogP contribution in [0.5, 0.6) is 5.88 Å². The number of rotatable bonds is 11. The zero-order valence-electron chi connectivity index (χ0n) is 18.5. The van der Waals surface area contributed by atoms with Gasteiger partial charge in [0.15, 0.2) is 6.10 Å². The van der Waals surface area contributed by atoms with E-state index in [0.29, 0.717) is 5.02 Å². The largest absolute Gasteiger partial charge is 0.479 e. The van der Waals surface area contributed by atoms with Crippen molar-refractivity contribution in [1.29, 1.82) is 0 Å². The number of aromatic nitrogens is 1. The lowest BCUT2D eigenvalue weighted by molar-refractivity contribution is -0.148. The molecule has 2 aromatic carbocycles. The number of halogens is 1. The average molecular weight is 504 g/mol. The number of nitrogens with zero attached hydrogens (tertiary/aromatic N) is 2. The normalized spacial score (nSPS) is 11.7. The molecule has 1 amide bonds. The third-order valence-electron chi connectivity index (χ3n) is 4.60. The summed E-state index contributed by atoms with van der Waals surface area (Å²) >= 11 is 6.05. The predicted octanol–water partition coefficient (Wildman–Crippen LogP) is 2.49. The molecule has 0 saturated heterocycles. The van der Waals surface area contributed by atoms with Gasteiger partial charge < -0.3 is 24.2 Å². The number of hydrazine groups is 1. The molecule has 35 heavy (non-hydrogen) atoms. The second-order valence-electron chi connectivity index (χ2n) is 7.31. The van der Waals surface area contributed by atoms with Crippen molar-refractivity contribution in [2.75, 3.05) is 13.3 Å². The number of carbonyl (C=O) groups is 3. The van der Waals surface area contributed by atoms with Gasteiger partial charge in [0.05, 0.1) is 12.6 Å². The van der Waals surface area contributed by atoms with Gasteiger partial charge in [-0.3, -0.25) is 15.0 Å². The average Bonchev–Trinajstić information content (AvgIpc) is 3.28. The SMILES string of the molecule is CC(=O)OCOc1cc(C(=O)NN(Cc2ccc(-c3cccc(Cl)c3)cc2)CC(O)C(=O)O)on1. The number of nitrogens with one attached hydrogen (secondary N) is 1. The van der Waals surface area contributed by atoms with E-state index in [4.69, 9.17) is 26.0 Å². The first-order chi connectivity index (χ1) is 16.7. The van der Waals surface area contributed by atoms with Crippen LogP contribution >= 0.6 is 11.6 Å². The van der Waals surface area contributed by atoms with Crippen molar-refractivity contribution >= 4 is 29.4 Å². The van der Waals surface area contributed by atoms with E-state index < -0.39 is 37.3 Å². The Labute approximate surface area is 204 Å². The highest BCUT2D eigenvalue weighted by Gasteiger charge is 2.22. The smallest absolute Gasteiger partial charge is 0.333 e. The molecule has 0 aliphatic carbocycles. The van der Waals surface area contributed by atoms with Gasteiger partial charge in [-0.15, -0.1) is 0 Å². The Balaban J connectivity index is 1.68. The van der Waals surface area contributed by atoms with E-state index in [-0.39, 0.29) is 18.2 Å². The Kier molecular flexibility index (Phi) is 8.79. The molecule has 0 spiro atoms. The monoisotopic (exact) mass is 503 g/mol. The molecule has 0 aliphatic rings. The lowest BCUT2D eigenvalue weighted by Gasteiger charge is -2.24. The number of amides is 1. The van der Waals surface area contributed by atoms with Gasteiger partial charge in [-0.2, -0.15) is 0 Å². The number of carboxylic acid groups (broad SMARTS) is 1. The molecule has 11 nitrogen and oxygen atoms in total. The number of esters is 1. The second kappa shape index (κ2) is 12.0. The van der Waals surface area contributed by atoms with Crippen LogP contribution in [0.25, 0.3) is 11.1 Å². The number of aliphatic hydroxyl groups excluding tert-OH is 1. The van der Waals surface area contributed by atoms with E-state index in [1.807, 2.05) is 30.3 Å². The van der Waals surface area contributed by atoms with E-state index >= 15 is 0 Å². The minimum Gasteiger partial charge on any atom is -0.479 e. The van der Waals surface area contributed by atoms with Gasteiger partial charge >= 0.3 is 17.8 Å². The summed E-state index contributed by atoms with van der Waals surface area (Å²) in [6.45, 7) is 0.470. The minimum atomic E-state index is -1.75. The Morgan fingerprint density at radius 1 is 1.14 bits per heavy atom. The molecule has 1 heterocycles. The van der Waals surface area contributed by atoms with Gasteiger partial charge in [-0.05, 0) is 34.0 Å². The molecule has 0 radical (unpaired) electrons. The van der Waals surface area contributed by atoms with Crippen LogP contribution in [0.3, 0.4) is 0 Å². The van der Waals surface area contributed by atoms with Crippen molar-refractivity contribution in [3.63, 3.8) is 0 Å². The summed E-state index contributed by atoms with van der Waals surface area (Å²) in [4.78, 5) is 34.5. The lowest BCUT2D eigenvalue weighted by Crippen LogP contribution is -2.47. The van der Waals surface area contributed by atoms with Gasteiger partial charge in [0.2, 0.25) is 12.6 Å². The second-order valence-corrected chi connectivity index (χ2v) is 7.75. The molecule has 0 fully saturated rings. The first kappa shape index (κ1) is 25.7. The van der Waals surface area contributed by atoms with E-state index in [2.05, 4.69) is 15.3 Å². The van der Waals surface area contributed by atoms with Crippen molar-refractivity contribution in [3.8, 4) is 17.0 Å². The summed E-state index contributed by atoms with van der Waals surface area (Å²) in [6, 6.07) is 15.9. The Hall–Kier alpha value is -3.93. The highest BCUT2D eigenvalue weighted by molar-refractivity contribution is 6.30. The molecule has 1 aromatic heterocycles. The molecule has 1 unspecified atom stereocenters. The fourth-order valence-corrected chi connectivity index (χ4v) is 3.12. The van der Waals surface area contributed by atoms with Crippen molar-refractivity contribution in [2.24, 2.45) is 0 Å². The summed E-state index contributed by atoms with van der Waals surface area (Å²) in [5.74, 6) is -3.09. The van der Waals surface area contributed by atoms with E-state index in [1.54, 1.807) is 18.2 Å². The number of hydrogen-bond donors (Lipinski definition) is 3. The number of ether oxygens (including phenoxy) is 2. The maximum atomic E-state index is 12.6. The number of hydrogen-bond acceptors (Lipinski definition) is 9. The van der Waals surface area contributed by atoms with Crippen LogP contribution in [0.15, 0.2) is 59.1 Å². The third kappa shape index (κ3) is 7.81. The van der Waals surface area contributed by atoms with Gasteiger partial charge in [0.1, 0.15) is 0 Å². The van der Waals surface area contributed by atoms with Crippen LogP contribution in [-0.4, -0.2) is 57.7 Å². The molecule has 3 N–H and O–H groups in total. The fourth-order valence-electron chi connectivity index (χ4n) is 2.93. The molecule has 3 rings (SSSR count). The van der Waals surface area contributed by atoms with Crippen molar-refractivity contribution in [3.05, 3.63) is 70.9 Å². The maximum Gasteiger partial charge on any atom is 0.333 e. The van der Waals surface area contributed by atoms with Crippen LogP contribution in [-0.2, 0) is 20.9 Å². The summed E-state index contributed by atoms with van der Waals surface area (Å²) in [6.07, 6.45) is -1.75. The molecular formula is C23H22ClN3O8. The number of carboxylic acids is 1. The molecule has 0 bridgehead atoms. The zero-order valence-corrected chi connectivity index (χ0v) is 19.3. The first-order valence-corrected chi connectivity index (χ1v) is 10.6. The summed E-state index contributed by atoms with van der Waals surface area (Å²) < 4.78 is 14.6. The molecular weight excluding hydrogens is 482 g/mol. The topological polar surface area (TPSA) is 151 Å². The Bertz CT molecular complexity index is 1180. The minimum absolute atomic E-state index is 0.0792. The lowest BCUT2D eigenvalue weighted by atomic mass is 10.0. The van der Waals surface area contributed by atoms with E-state index in [1.165, 1.54) is 18.0 Å². The Morgan fingerprint density at radius 2 is 1.89 bits per heavy atom. The highest BCUT2D eigenvalue weighted by Crippen LogP contribution is 2.23. The Morgan fingerprint density at radius 3 is 2.54 bits per heavy atom. The number of aliphatic hydroxyl groups is 1. The standard InChI is InChI=1S/C23H22ClN3O8/c1-14(28)33-13-34-21-10-20(35-26-21)22(30)25-27(12-19(29)23(31)32)11-15-5-7-16(8-6-15)17-3-2-4-18(24)9-17/h2-10,19,29H,11-13H2,1H3,(H,25,30)(H,31,32). The van der Waals surface area contributed by atoms with E-state index in [0.717, 1.165) is 16.7 Å². The number of carbonyl (C=O) groups excluding carboxylic acids is 2.